The summed E-state index contributed by atoms with van der Waals surface area (Å²) >= 11 is 0. The lowest BCUT2D eigenvalue weighted by atomic mass is 9.85. The van der Waals surface area contributed by atoms with Crippen molar-refractivity contribution in [3.8, 4) is 0 Å². The van der Waals surface area contributed by atoms with Gasteiger partial charge in [-0.25, -0.2) is 9.59 Å². The normalized spacial score (nSPS) is 20.4. The van der Waals surface area contributed by atoms with Crippen molar-refractivity contribution in [1.82, 2.24) is 24.7 Å². The molecule has 5 aliphatic rings. The fourth-order valence-corrected chi connectivity index (χ4v) is 11.0. The number of piperidine rings is 3. The lowest BCUT2D eigenvalue weighted by Gasteiger charge is -2.35. The first-order valence-electron chi connectivity index (χ1n) is 29.6. The SMILES string of the molecule is CC.CCCCC(C)C(=O)N1CCCCC1C(=O)OCCCc1cccnc1.O=C(C(=O)N1CCCCC1C(=O)OCCCCCc1cccnc1)C1CCCCC1.O=CC1CCCCN1C(=O)C(=O)C1CCCCC1. The van der Waals surface area contributed by atoms with Gasteiger partial charge in [-0.05, 0) is 152 Å². The van der Waals surface area contributed by atoms with Crippen LogP contribution in [0.25, 0.3) is 0 Å². The third-order valence-electron chi connectivity index (χ3n) is 15.5. The molecule has 3 saturated heterocycles. The monoisotopic (exact) mass is 1060 g/mol. The van der Waals surface area contributed by atoms with Crippen LogP contribution < -0.4 is 0 Å². The molecule has 2 aliphatic carbocycles. The van der Waals surface area contributed by atoms with Crippen LogP contribution in [0.3, 0.4) is 0 Å². The Bertz CT molecular complexity index is 2040. The van der Waals surface area contributed by atoms with Crippen molar-refractivity contribution in [1.29, 1.82) is 0 Å². The first kappa shape index (κ1) is 63.2. The van der Waals surface area contributed by atoms with Crippen LogP contribution in [0, 0.1) is 17.8 Å². The molecule has 0 N–H and O–H groups in total. The maximum absolute atomic E-state index is 12.8. The Balaban J connectivity index is 0.000000249. The number of Topliss-reactive ketones (excluding diaryl/α,β-unsaturated/α-hetero) is 2. The van der Waals surface area contributed by atoms with Crippen LogP contribution in [0.5, 0.6) is 0 Å². The van der Waals surface area contributed by atoms with Crippen LogP contribution in [0.15, 0.2) is 49.1 Å². The van der Waals surface area contributed by atoms with Crippen LogP contribution in [0.1, 0.15) is 206 Å². The fourth-order valence-electron chi connectivity index (χ4n) is 11.0. The molecule has 0 bridgehead atoms. The first-order chi connectivity index (χ1) is 37.0. The number of pyridine rings is 2. The van der Waals surface area contributed by atoms with Crippen molar-refractivity contribution in [3.05, 3.63) is 60.2 Å². The number of likely N-dealkylation sites (tertiary alicyclic amines) is 3. The second kappa shape index (κ2) is 36.6. The highest BCUT2D eigenvalue weighted by molar-refractivity contribution is 6.37. The predicted octanol–water partition coefficient (Wildman–Crippen LogP) is 10.4. The van der Waals surface area contributed by atoms with E-state index >= 15 is 0 Å². The van der Waals surface area contributed by atoms with Gasteiger partial charge >= 0.3 is 11.9 Å². The molecular weight excluding hydrogens is 963 g/mol. The summed E-state index contributed by atoms with van der Waals surface area (Å²) in [5.41, 5.74) is 2.36. The Kier molecular flexibility index (Phi) is 30.5. The van der Waals surface area contributed by atoms with E-state index in [4.69, 9.17) is 9.47 Å². The van der Waals surface area contributed by atoms with Crippen molar-refractivity contribution in [2.24, 2.45) is 17.8 Å². The summed E-state index contributed by atoms with van der Waals surface area (Å²) in [5.74, 6) is -2.22. The molecule has 3 amide bonds. The third kappa shape index (κ3) is 21.2. The molecule has 76 heavy (non-hydrogen) atoms. The zero-order valence-electron chi connectivity index (χ0n) is 46.8. The Labute approximate surface area is 454 Å². The van der Waals surface area contributed by atoms with Gasteiger partial charge in [-0.15, -0.1) is 0 Å². The number of esters is 2. The number of carbonyl (C=O) groups excluding carboxylic acids is 8. The number of ketones is 2. The number of aldehydes is 1. The van der Waals surface area contributed by atoms with E-state index in [0.717, 1.165) is 166 Å². The van der Waals surface area contributed by atoms with Gasteiger partial charge in [-0.3, -0.25) is 33.9 Å². The summed E-state index contributed by atoms with van der Waals surface area (Å²) in [5, 5.41) is 0. The zero-order chi connectivity index (χ0) is 54.9. The molecule has 3 aliphatic heterocycles. The average molecular weight is 1060 g/mol. The lowest BCUT2D eigenvalue weighted by Crippen LogP contribution is -2.52. The lowest BCUT2D eigenvalue weighted by molar-refractivity contribution is -0.160. The Morgan fingerprint density at radius 1 is 0.566 bits per heavy atom. The standard InChI is InChI=1S/C24H34N2O4.C21H32N2O3.C14H21NO3.C2H6/c27-22(20-12-4-1-5-13-20)23(28)26-16-7-6-14-21(26)24(29)30-17-8-2-3-10-19-11-9-15-25-18-19;1-3-4-9-17(2)20(24)23-14-6-5-12-19(23)21(25)26-15-8-11-18-10-7-13-22-16-18;16-10-12-8-4-5-9-15(12)14(18)13(17)11-6-2-1-3-7-11;1-2/h9,11,15,18,20-21H,1-8,10,12-14,16-17H2;7,10,13,16-17,19H,3-6,8-9,11-12,14-15H2,1-2H3;10-12H,1-9H2;1-2H3. The van der Waals surface area contributed by atoms with Crippen LogP contribution in [-0.4, -0.2) is 123 Å². The largest absolute Gasteiger partial charge is 0.464 e. The van der Waals surface area contributed by atoms with E-state index in [-0.39, 0.29) is 53.2 Å². The van der Waals surface area contributed by atoms with Gasteiger partial charge in [0.05, 0.1) is 19.3 Å². The van der Waals surface area contributed by atoms with Gasteiger partial charge in [0.2, 0.25) is 17.5 Å². The van der Waals surface area contributed by atoms with E-state index in [1.54, 1.807) is 17.3 Å². The maximum atomic E-state index is 12.8. The summed E-state index contributed by atoms with van der Waals surface area (Å²) in [6.07, 6.45) is 33.6. The minimum Gasteiger partial charge on any atom is -0.464 e. The average Bonchev–Trinajstić information content (AvgIpc) is 3.49. The van der Waals surface area contributed by atoms with Crippen LogP contribution >= 0.6 is 0 Å². The Hall–Kier alpha value is -5.34. The summed E-state index contributed by atoms with van der Waals surface area (Å²) in [7, 11) is 0. The Morgan fingerprint density at radius 2 is 1.03 bits per heavy atom. The second-order valence-corrected chi connectivity index (χ2v) is 21.2. The van der Waals surface area contributed by atoms with Crippen LogP contribution in [0.2, 0.25) is 0 Å². The molecule has 422 valence electrons. The number of amides is 3. The zero-order valence-corrected chi connectivity index (χ0v) is 46.8. The quantitative estimate of drug-likeness (QED) is 0.0498. The molecule has 2 aromatic rings. The number of aromatic nitrogens is 2. The number of ether oxygens (including phenoxy) is 2. The van der Waals surface area contributed by atoms with E-state index in [9.17, 15) is 38.4 Å². The number of nitrogens with zero attached hydrogens (tertiary/aromatic N) is 5. The topological polar surface area (TPSA) is 191 Å². The van der Waals surface area contributed by atoms with Gasteiger partial charge in [0.1, 0.15) is 18.4 Å². The predicted molar refractivity (Wildman–Crippen MR) is 294 cm³/mol. The molecule has 5 heterocycles. The molecular formula is C61H93N5O10. The number of unbranched alkanes of at least 4 members (excludes halogenated alkanes) is 3. The van der Waals surface area contributed by atoms with Crippen molar-refractivity contribution < 1.29 is 47.8 Å². The minimum atomic E-state index is -0.603. The number of aryl methyl sites for hydroxylation is 2. The highest BCUT2D eigenvalue weighted by atomic mass is 16.5. The molecule has 0 radical (unpaired) electrons. The van der Waals surface area contributed by atoms with Crippen LogP contribution in [0.4, 0.5) is 0 Å². The fraction of sp³-hybridized carbons (Fsp3) is 0.705. The highest BCUT2D eigenvalue weighted by Gasteiger charge is 2.39. The molecule has 0 spiro atoms. The van der Waals surface area contributed by atoms with Gasteiger partial charge in [-0.2, -0.15) is 0 Å². The molecule has 4 unspecified atom stereocenters. The van der Waals surface area contributed by atoms with Gasteiger partial charge < -0.3 is 29.0 Å². The smallest absolute Gasteiger partial charge is 0.328 e. The van der Waals surface area contributed by atoms with E-state index in [2.05, 4.69) is 23.0 Å². The van der Waals surface area contributed by atoms with Crippen molar-refractivity contribution in [3.63, 3.8) is 0 Å². The number of rotatable bonds is 21. The number of hydrogen-bond acceptors (Lipinski definition) is 12. The van der Waals surface area contributed by atoms with Gasteiger partial charge in [0.25, 0.3) is 11.8 Å². The molecule has 2 aromatic heterocycles. The van der Waals surface area contributed by atoms with E-state index in [0.29, 0.717) is 52.1 Å². The summed E-state index contributed by atoms with van der Waals surface area (Å²) in [4.78, 5) is 112. The van der Waals surface area contributed by atoms with Crippen molar-refractivity contribution in [2.45, 2.75) is 226 Å². The molecule has 7 rings (SSSR count). The summed E-state index contributed by atoms with van der Waals surface area (Å²) in [6, 6.07) is 6.55. The van der Waals surface area contributed by atoms with E-state index in [1.165, 1.54) is 21.8 Å². The summed E-state index contributed by atoms with van der Waals surface area (Å²) in [6.45, 7) is 10.6. The highest BCUT2D eigenvalue weighted by Crippen LogP contribution is 2.29. The van der Waals surface area contributed by atoms with Gasteiger partial charge in [-0.1, -0.05) is 91.2 Å². The van der Waals surface area contributed by atoms with Crippen LogP contribution in [-0.2, 0) is 60.7 Å². The molecule has 5 fully saturated rings. The molecule has 15 heteroatoms. The maximum Gasteiger partial charge on any atom is 0.328 e. The van der Waals surface area contributed by atoms with Gasteiger partial charge in [0, 0.05) is 62.2 Å². The first-order valence-corrected chi connectivity index (χ1v) is 29.6. The minimum absolute atomic E-state index is 0.0195. The van der Waals surface area contributed by atoms with E-state index in [1.807, 2.05) is 51.4 Å². The van der Waals surface area contributed by atoms with Crippen molar-refractivity contribution >= 4 is 47.5 Å². The third-order valence-corrected chi connectivity index (χ3v) is 15.5. The van der Waals surface area contributed by atoms with Crippen molar-refractivity contribution in [2.75, 3.05) is 32.8 Å². The number of carbonyl (C=O) groups is 8. The Morgan fingerprint density at radius 3 is 1.54 bits per heavy atom. The van der Waals surface area contributed by atoms with E-state index < -0.39 is 23.9 Å². The molecule has 0 aromatic carbocycles. The molecule has 15 nitrogen and oxygen atoms in total. The van der Waals surface area contributed by atoms with Gasteiger partial charge in [0.15, 0.2) is 0 Å². The second-order valence-electron chi connectivity index (χ2n) is 21.2. The number of hydrogen-bond donors (Lipinski definition) is 0. The molecule has 2 saturated carbocycles. The summed E-state index contributed by atoms with van der Waals surface area (Å²) < 4.78 is 11.0. The molecule has 4 atom stereocenters.